The van der Waals surface area contributed by atoms with Crippen LogP contribution in [0.25, 0.3) is 11.0 Å². The topological polar surface area (TPSA) is 60.4 Å². The molecule has 0 spiro atoms. The van der Waals surface area contributed by atoms with Crippen molar-refractivity contribution in [2.24, 2.45) is 0 Å². The molecule has 0 amide bonds. The second kappa shape index (κ2) is 7.89. The zero-order valence-electron chi connectivity index (χ0n) is 14.8. The molecule has 1 aromatic carbocycles. The maximum atomic E-state index is 10.5. The molecule has 0 fully saturated rings. The summed E-state index contributed by atoms with van der Waals surface area (Å²) in [6.07, 6.45) is 8.70. The van der Waals surface area contributed by atoms with E-state index >= 15 is 0 Å². The molecule has 5 nitrogen and oxygen atoms in total. The first kappa shape index (κ1) is 17.1. The van der Waals surface area contributed by atoms with Gasteiger partial charge in [0.1, 0.15) is 18.2 Å². The Bertz CT molecular complexity index is 867. The number of nitrogens with zero attached hydrogens (tertiary/aromatic N) is 2. The van der Waals surface area contributed by atoms with Crippen LogP contribution in [0.2, 0.25) is 0 Å². The summed E-state index contributed by atoms with van der Waals surface area (Å²) >= 11 is 0. The van der Waals surface area contributed by atoms with Gasteiger partial charge in [-0.2, -0.15) is 0 Å². The van der Waals surface area contributed by atoms with E-state index in [1.165, 1.54) is 0 Å². The van der Waals surface area contributed by atoms with Gasteiger partial charge in [0.15, 0.2) is 0 Å². The van der Waals surface area contributed by atoms with Crippen LogP contribution in [0.3, 0.4) is 0 Å². The van der Waals surface area contributed by atoms with Crippen LogP contribution in [0.5, 0.6) is 0 Å². The smallest absolute Gasteiger partial charge is 0.129 e. The summed E-state index contributed by atoms with van der Waals surface area (Å²) in [6, 6.07) is 11.8. The third-order valence-electron chi connectivity index (χ3n) is 4.85. The number of ether oxygens (including phenoxy) is 1. The Kier molecular flexibility index (Phi) is 5.18. The highest BCUT2D eigenvalue weighted by Crippen LogP contribution is 2.31. The standard InChI is InChI=1S/C21H24N2O3/c24-17(14-25-15-18-9-6-12-26-18)13-23-20-11-5-4-10-19(20)22-21(23)16-7-2-1-3-8-16/h1-2,4-6,9-12,16-17,24H,3,7-8,13-15H2. The van der Waals surface area contributed by atoms with Gasteiger partial charge in [-0.3, -0.25) is 0 Å². The maximum absolute atomic E-state index is 10.5. The van der Waals surface area contributed by atoms with Crippen molar-refractivity contribution in [3.05, 3.63) is 66.4 Å². The molecule has 5 heteroatoms. The monoisotopic (exact) mass is 352 g/mol. The summed E-state index contributed by atoms with van der Waals surface area (Å²) in [4.78, 5) is 4.87. The Morgan fingerprint density at radius 3 is 2.96 bits per heavy atom. The van der Waals surface area contributed by atoms with Gasteiger partial charge in [0.05, 0.1) is 36.6 Å². The third kappa shape index (κ3) is 3.74. The van der Waals surface area contributed by atoms with Crippen molar-refractivity contribution in [3.63, 3.8) is 0 Å². The molecule has 1 aliphatic rings. The first-order valence-corrected chi connectivity index (χ1v) is 9.19. The van der Waals surface area contributed by atoms with E-state index in [0.29, 0.717) is 19.1 Å². The number of imidazole rings is 1. The normalized spacial score (nSPS) is 18.4. The summed E-state index contributed by atoms with van der Waals surface area (Å²) < 4.78 is 13.0. The molecule has 0 bridgehead atoms. The maximum Gasteiger partial charge on any atom is 0.129 e. The highest BCUT2D eigenvalue weighted by Gasteiger charge is 2.22. The molecule has 1 aliphatic carbocycles. The lowest BCUT2D eigenvalue weighted by Crippen LogP contribution is -2.24. The van der Waals surface area contributed by atoms with Gasteiger partial charge in [0.2, 0.25) is 0 Å². The van der Waals surface area contributed by atoms with Crippen LogP contribution in [-0.4, -0.2) is 27.4 Å². The van der Waals surface area contributed by atoms with Gasteiger partial charge in [-0.05, 0) is 43.5 Å². The molecular weight excluding hydrogens is 328 g/mol. The van der Waals surface area contributed by atoms with Gasteiger partial charge in [0, 0.05) is 5.92 Å². The summed E-state index contributed by atoms with van der Waals surface area (Å²) in [5.74, 6) is 2.24. The number of aromatic nitrogens is 2. The van der Waals surface area contributed by atoms with Gasteiger partial charge in [-0.1, -0.05) is 24.3 Å². The summed E-state index contributed by atoms with van der Waals surface area (Å²) in [5, 5.41) is 10.5. The van der Waals surface area contributed by atoms with E-state index in [-0.39, 0.29) is 6.61 Å². The molecule has 0 saturated carbocycles. The molecule has 2 atom stereocenters. The molecule has 0 saturated heterocycles. The van der Waals surface area contributed by atoms with Crippen molar-refractivity contribution in [1.82, 2.24) is 9.55 Å². The lowest BCUT2D eigenvalue weighted by molar-refractivity contribution is 0.0147. The Hall–Kier alpha value is -2.37. The van der Waals surface area contributed by atoms with Crippen molar-refractivity contribution >= 4 is 11.0 Å². The van der Waals surface area contributed by atoms with E-state index in [1.54, 1.807) is 6.26 Å². The summed E-state index contributed by atoms with van der Waals surface area (Å²) in [6.45, 7) is 1.11. The predicted molar refractivity (Wildman–Crippen MR) is 99.8 cm³/mol. The van der Waals surface area contributed by atoms with E-state index in [9.17, 15) is 5.11 Å². The molecule has 3 aromatic rings. The van der Waals surface area contributed by atoms with E-state index in [1.807, 2.05) is 30.3 Å². The van der Waals surface area contributed by atoms with E-state index in [2.05, 4.69) is 22.8 Å². The van der Waals surface area contributed by atoms with Gasteiger partial charge in [-0.15, -0.1) is 0 Å². The van der Waals surface area contributed by atoms with E-state index < -0.39 is 6.10 Å². The number of aliphatic hydroxyl groups excluding tert-OH is 1. The number of benzene rings is 1. The lowest BCUT2D eigenvalue weighted by Gasteiger charge is -2.21. The number of allylic oxidation sites excluding steroid dienone is 2. The number of aliphatic hydroxyl groups is 1. The Labute approximate surface area is 152 Å². The average molecular weight is 352 g/mol. The molecule has 2 unspecified atom stereocenters. The second-order valence-corrected chi connectivity index (χ2v) is 6.80. The zero-order valence-corrected chi connectivity index (χ0v) is 14.8. The minimum Gasteiger partial charge on any atom is -0.467 e. The summed E-state index contributed by atoms with van der Waals surface area (Å²) in [7, 11) is 0. The number of fused-ring (bicyclic) bond motifs is 1. The fraction of sp³-hybridized carbons (Fsp3) is 0.381. The van der Waals surface area contributed by atoms with Crippen LogP contribution in [-0.2, 0) is 17.9 Å². The highest BCUT2D eigenvalue weighted by atomic mass is 16.5. The fourth-order valence-electron chi connectivity index (χ4n) is 3.58. The minimum absolute atomic E-state index is 0.261. The van der Waals surface area contributed by atoms with Gasteiger partial charge < -0.3 is 18.8 Å². The molecule has 1 N–H and O–H groups in total. The number of hydrogen-bond donors (Lipinski definition) is 1. The average Bonchev–Trinajstić information content (AvgIpc) is 3.31. The molecular formula is C21H24N2O3. The third-order valence-corrected chi connectivity index (χ3v) is 4.85. The van der Waals surface area contributed by atoms with E-state index in [4.69, 9.17) is 14.1 Å². The predicted octanol–water partition coefficient (Wildman–Crippen LogP) is 4.03. The first-order chi connectivity index (χ1) is 12.8. The lowest BCUT2D eigenvalue weighted by atomic mass is 9.93. The second-order valence-electron chi connectivity index (χ2n) is 6.80. The SMILES string of the molecule is OC(COCc1ccco1)Cn1c(C2CC=CCC2)nc2ccccc21. The van der Waals surface area contributed by atoms with Crippen LogP contribution in [0.1, 0.15) is 36.8 Å². The van der Waals surface area contributed by atoms with Crippen molar-refractivity contribution in [3.8, 4) is 0 Å². The van der Waals surface area contributed by atoms with Crippen LogP contribution >= 0.6 is 0 Å². The largest absolute Gasteiger partial charge is 0.467 e. The van der Waals surface area contributed by atoms with Crippen LogP contribution in [0, 0.1) is 0 Å². The van der Waals surface area contributed by atoms with Crippen molar-refractivity contribution in [2.75, 3.05) is 6.61 Å². The Morgan fingerprint density at radius 1 is 1.23 bits per heavy atom. The quantitative estimate of drug-likeness (QED) is 0.652. The van der Waals surface area contributed by atoms with Gasteiger partial charge in [0.25, 0.3) is 0 Å². The Balaban J connectivity index is 1.49. The molecule has 136 valence electrons. The number of rotatable bonds is 7. The zero-order chi connectivity index (χ0) is 17.8. The molecule has 2 heterocycles. The first-order valence-electron chi connectivity index (χ1n) is 9.19. The molecule has 26 heavy (non-hydrogen) atoms. The fourth-order valence-corrected chi connectivity index (χ4v) is 3.58. The van der Waals surface area contributed by atoms with Crippen LogP contribution in [0.15, 0.2) is 59.2 Å². The molecule has 0 radical (unpaired) electrons. The van der Waals surface area contributed by atoms with Gasteiger partial charge in [-0.25, -0.2) is 4.98 Å². The van der Waals surface area contributed by atoms with E-state index in [0.717, 1.165) is 41.9 Å². The highest BCUT2D eigenvalue weighted by molar-refractivity contribution is 5.76. The number of para-hydroxylation sites is 2. The van der Waals surface area contributed by atoms with Crippen molar-refractivity contribution in [2.45, 2.75) is 44.4 Å². The molecule has 4 rings (SSSR count). The van der Waals surface area contributed by atoms with Crippen LogP contribution < -0.4 is 0 Å². The molecule has 0 aliphatic heterocycles. The molecule has 2 aromatic heterocycles. The van der Waals surface area contributed by atoms with Crippen LogP contribution in [0.4, 0.5) is 0 Å². The van der Waals surface area contributed by atoms with Crippen molar-refractivity contribution in [1.29, 1.82) is 0 Å². The Morgan fingerprint density at radius 2 is 2.15 bits per heavy atom. The number of hydrogen-bond acceptors (Lipinski definition) is 4. The number of furan rings is 1. The van der Waals surface area contributed by atoms with Crippen molar-refractivity contribution < 1.29 is 14.3 Å². The summed E-state index contributed by atoms with van der Waals surface area (Å²) in [5.41, 5.74) is 2.06. The van der Waals surface area contributed by atoms with Gasteiger partial charge >= 0.3 is 0 Å². The minimum atomic E-state index is -0.597.